The molecule has 0 aliphatic carbocycles. The number of rotatable bonds is 7. The Hall–Kier alpha value is -2.18. The summed E-state index contributed by atoms with van der Waals surface area (Å²) in [7, 11) is 4.05. The van der Waals surface area contributed by atoms with Crippen molar-refractivity contribution in [2.45, 2.75) is 6.54 Å². The lowest BCUT2D eigenvalue weighted by Crippen LogP contribution is -2.19. The van der Waals surface area contributed by atoms with Crippen molar-refractivity contribution in [1.82, 2.24) is 14.9 Å². The number of thiazole rings is 1. The van der Waals surface area contributed by atoms with E-state index < -0.39 is 0 Å². The van der Waals surface area contributed by atoms with Gasteiger partial charge in [-0.1, -0.05) is 23.5 Å². The SMILES string of the molecule is CN(C)CCOc1cc(CNc2nc3ccccc3s2)ccn1. The molecule has 0 amide bonds. The maximum atomic E-state index is 5.66. The van der Waals surface area contributed by atoms with Crippen LogP contribution in [-0.2, 0) is 6.54 Å². The zero-order valence-electron chi connectivity index (χ0n) is 13.3. The number of anilines is 1. The van der Waals surface area contributed by atoms with Crippen LogP contribution in [0.4, 0.5) is 5.13 Å². The van der Waals surface area contributed by atoms with E-state index in [2.05, 4.69) is 26.3 Å². The van der Waals surface area contributed by atoms with Crippen LogP contribution in [0.1, 0.15) is 5.56 Å². The first-order valence-corrected chi connectivity index (χ1v) is 8.34. The summed E-state index contributed by atoms with van der Waals surface area (Å²) in [4.78, 5) is 10.9. The molecule has 0 radical (unpaired) electrons. The van der Waals surface area contributed by atoms with E-state index in [1.54, 1.807) is 17.5 Å². The molecule has 23 heavy (non-hydrogen) atoms. The first-order chi connectivity index (χ1) is 11.2. The molecule has 0 saturated carbocycles. The van der Waals surface area contributed by atoms with Crippen LogP contribution in [0, 0.1) is 0 Å². The van der Waals surface area contributed by atoms with Crippen molar-refractivity contribution >= 4 is 26.7 Å². The molecule has 0 bridgehead atoms. The van der Waals surface area contributed by atoms with Gasteiger partial charge >= 0.3 is 0 Å². The second-order valence-corrected chi connectivity index (χ2v) is 6.53. The molecule has 3 rings (SSSR count). The van der Waals surface area contributed by atoms with Gasteiger partial charge < -0.3 is 15.0 Å². The minimum atomic E-state index is 0.634. The van der Waals surface area contributed by atoms with Crippen molar-refractivity contribution in [1.29, 1.82) is 0 Å². The molecular formula is C17H20N4OS. The molecule has 1 aromatic carbocycles. The molecule has 6 heteroatoms. The van der Waals surface area contributed by atoms with E-state index in [0.717, 1.165) is 22.8 Å². The minimum Gasteiger partial charge on any atom is -0.476 e. The third-order valence-electron chi connectivity index (χ3n) is 3.33. The number of nitrogens with zero attached hydrogens (tertiary/aromatic N) is 3. The zero-order chi connectivity index (χ0) is 16.1. The second-order valence-electron chi connectivity index (χ2n) is 5.49. The van der Waals surface area contributed by atoms with E-state index in [0.29, 0.717) is 19.0 Å². The average molecular weight is 328 g/mol. The monoisotopic (exact) mass is 328 g/mol. The van der Waals surface area contributed by atoms with Crippen molar-refractivity contribution < 1.29 is 4.74 Å². The van der Waals surface area contributed by atoms with E-state index in [-0.39, 0.29) is 0 Å². The zero-order valence-corrected chi connectivity index (χ0v) is 14.1. The molecule has 2 aromatic heterocycles. The van der Waals surface area contributed by atoms with Crippen molar-refractivity contribution in [2.24, 2.45) is 0 Å². The molecule has 2 heterocycles. The summed E-state index contributed by atoms with van der Waals surface area (Å²) in [5.41, 5.74) is 2.15. The summed E-state index contributed by atoms with van der Waals surface area (Å²) in [5.74, 6) is 0.662. The number of hydrogen-bond acceptors (Lipinski definition) is 6. The van der Waals surface area contributed by atoms with Gasteiger partial charge in [0.25, 0.3) is 0 Å². The number of ether oxygens (including phenoxy) is 1. The van der Waals surface area contributed by atoms with Crippen molar-refractivity contribution in [3.63, 3.8) is 0 Å². The van der Waals surface area contributed by atoms with Crippen LogP contribution in [0.5, 0.6) is 5.88 Å². The highest BCUT2D eigenvalue weighted by Crippen LogP contribution is 2.25. The molecular weight excluding hydrogens is 308 g/mol. The number of benzene rings is 1. The topological polar surface area (TPSA) is 50.3 Å². The lowest BCUT2D eigenvalue weighted by molar-refractivity contribution is 0.253. The maximum absolute atomic E-state index is 5.66. The Morgan fingerprint density at radius 1 is 1.22 bits per heavy atom. The van der Waals surface area contributed by atoms with E-state index in [4.69, 9.17) is 4.74 Å². The number of para-hydroxylation sites is 1. The number of aromatic nitrogens is 2. The first-order valence-electron chi connectivity index (χ1n) is 7.52. The molecule has 3 aromatic rings. The van der Waals surface area contributed by atoms with Gasteiger partial charge in [0.15, 0.2) is 5.13 Å². The summed E-state index contributed by atoms with van der Waals surface area (Å²) in [6.45, 7) is 2.21. The fourth-order valence-electron chi connectivity index (χ4n) is 2.10. The molecule has 0 saturated heterocycles. The van der Waals surface area contributed by atoms with Gasteiger partial charge in [-0.05, 0) is 37.9 Å². The third-order valence-corrected chi connectivity index (χ3v) is 4.32. The van der Waals surface area contributed by atoms with Gasteiger partial charge in [0.1, 0.15) is 6.61 Å². The van der Waals surface area contributed by atoms with E-state index >= 15 is 0 Å². The highest BCUT2D eigenvalue weighted by molar-refractivity contribution is 7.22. The molecule has 0 unspecified atom stereocenters. The minimum absolute atomic E-state index is 0.634. The quantitative estimate of drug-likeness (QED) is 0.721. The Balaban J connectivity index is 1.59. The molecule has 0 fully saturated rings. The maximum Gasteiger partial charge on any atom is 0.213 e. The van der Waals surface area contributed by atoms with Crippen LogP contribution in [0.15, 0.2) is 42.6 Å². The number of pyridine rings is 1. The summed E-state index contributed by atoms with van der Waals surface area (Å²) in [5, 5.41) is 4.30. The Labute approximate surface area is 139 Å². The fraction of sp³-hybridized carbons (Fsp3) is 0.294. The van der Waals surface area contributed by atoms with Crippen LogP contribution >= 0.6 is 11.3 Å². The third kappa shape index (κ3) is 4.40. The van der Waals surface area contributed by atoms with Gasteiger partial charge in [0.05, 0.1) is 10.2 Å². The van der Waals surface area contributed by atoms with Crippen molar-refractivity contribution in [3.8, 4) is 5.88 Å². The number of likely N-dealkylation sites (N-methyl/N-ethyl adjacent to an activating group) is 1. The lowest BCUT2D eigenvalue weighted by Gasteiger charge is -2.11. The first kappa shape index (κ1) is 15.7. The molecule has 0 atom stereocenters. The Kier molecular flexibility index (Phi) is 5.05. The van der Waals surface area contributed by atoms with Crippen molar-refractivity contribution in [3.05, 3.63) is 48.2 Å². The summed E-state index contributed by atoms with van der Waals surface area (Å²) in [6, 6.07) is 12.1. The van der Waals surface area contributed by atoms with Crippen LogP contribution in [0.2, 0.25) is 0 Å². The molecule has 1 N–H and O–H groups in total. The molecule has 0 spiro atoms. The van der Waals surface area contributed by atoms with Gasteiger partial charge in [-0.2, -0.15) is 0 Å². The van der Waals surface area contributed by atoms with Gasteiger partial charge in [-0.3, -0.25) is 0 Å². The van der Waals surface area contributed by atoms with Crippen LogP contribution in [0.3, 0.4) is 0 Å². The molecule has 120 valence electrons. The van der Waals surface area contributed by atoms with Gasteiger partial charge in [0, 0.05) is 25.4 Å². The Morgan fingerprint density at radius 2 is 2.09 bits per heavy atom. The molecule has 0 aliphatic rings. The lowest BCUT2D eigenvalue weighted by atomic mass is 10.2. The van der Waals surface area contributed by atoms with E-state index in [1.165, 1.54) is 4.70 Å². The van der Waals surface area contributed by atoms with Crippen molar-refractivity contribution in [2.75, 3.05) is 32.6 Å². The Bertz CT molecular complexity index is 739. The predicted molar refractivity (Wildman–Crippen MR) is 95.2 cm³/mol. The molecule has 0 aliphatic heterocycles. The number of fused-ring (bicyclic) bond motifs is 1. The standard InChI is InChI=1S/C17H20N4OS/c1-21(2)9-10-22-16-11-13(7-8-18-16)12-19-17-20-14-5-3-4-6-15(14)23-17/h3-8,11H,9-10,12H2,1-2H3,(H,19,20). The summed E-state index contributed by atoms with van der Waals surface area (Å²) < 4.78 is 6.86. The highest BCUT2D eigenvalue weighted by atomic mass is 32.1. The summed E-state index contributed by atoms with van der Waals surface area (Å²) in [6.07, 6.45) is 1.78. The van der Waals surface area contributed by atoms with Crippen LogP contribution in [0.25, 0.3) is 10.2 Å². The predicted octanol–water partition coefficient (Wildman–Crippen LogP) is 3.24. The van der Waals surface area contributed by atoms with Gasteiger partial charge in [0.2, 0.25) is 5.88 Å². The normalized spacial score (nSPS) is 11.1. The smallest absolute Gasteiger partial charge is 0.213 e. The van der Waals surface area contributed by atoms with Crippen LogP contribution < -0.4 is 10.1 Å². The van der Waals surface area contributed by atoms with Gasteiger partial charge in [-0.15, -0.1) is 0 Å². The number of hydrogen-bond donors (Lipinski definition) is 1. The fourth-order valence-corrected chi connectivity index (χ4v) is 2.96. The van der Waals surface area contributed by atoms with Crippen LogP contribution in [-0.4, -0.2) is 42.1 Å². The van der Waals surface area contributed by atoms with E-state index in [1.807, 2.05) is 44.4 Å². The second kappa shape index (κ2) is 7.39. The average Bonchev–Trinajstić information content (AvgIpc) is 2.96. The molecule has 5 nitrogen and oxygen atoms in total. The van der Waals surface area contributed by atoms with Gasteiger partial charge in [-0.25, -0.2) is 9.97 Å². The highest BCUT2D eigenvalue weighted by Gasteiger charge is 2.04. The Morgan fingerprint density at radius 3 is 2.91 bits per heavy atom. The van der Waals surface area contributed by atoms with E-state index in [9.17, 15) is 0 Å². The largest absolute Gasteiger partial charge is 0.476 e. The summed E-state index contributed by atoms with van der Waals surface area (Å²) >= 11 is 1.66. The number of nitrogens with one attached hydrogen (secondary N) is 1.